The highest BCUT2D eigenvalue weighted by Gasteiger charge is 1.98. The Morgan fingerprint density at radius 3 is 1.76 bits per heavy atom. The van der Waals surface area contributed by atoms with Crippen LogP contribution in [0.2, 0.25) is 0 Å². The lowest BCUT2D eigenvalue weighted by molar-refractivity contribution is 0.483. The van der Waals surface area contributed by atoms with Crippen LogP contribution < -0.4 is 0 Å². The van der Waals surface area contributed by atoms with E-state index < -0.39 is 0 Å². The molecule has 0 bridgehead atoms. The number of hydrogen-bond acceptors (Lipinski definition) is 0. The number of unbranched alkanes of at least 4 members (excludes halogenated alkanes) is 9. The van der Waals surface area contributed by atoms with Crippen molar-refractivity contribution in [1.29, 1.82) is 0 Å². The zero-order valence-corrected chi connectivity index (χ0v) is 12.3. The molecule has 0 aromatic carbocycles. The van der Waals surface area contributed by atoms with E-state index in [1.54, 1.807) is 0 Å². The predicted molar refractivity (Wildman–Crippen MR) is 80.4 cm³/mol. The summed E-state index contributed by atoms with van der Waals surface area (Å²) in [4.78, 5) is 0. The molecular weight excluding hydrogens is 204 g/mol. The van der Waals surface area contributed by atoms with Gasteiger partial charge in [0, 0.05) is 0 Å². The van der Waals surface area contributed by atoms with E-state index >= 15 is 0 Å². The van der Waals surface area contributed by atoms with E-state index in [2.05, 4.69) is 26.5 Å². The Morgan fingerprint density at radius 2 is 1.29 bits per heavy atom. The fraction of sp³-hybridized carbons (Fsp3) is 0.882. The maximum atomic E-state index is 3.80. The summed E-state index contributed by atoms with van der Waals surface area (Å²) in [6.07, 6.45) is 19.1. The van der Waals surface area contributed by atoms with E-state index in [0.29, 0.717) is 0 Å². The van der Waals surface area contributed by atoms with Crippen molar-refractivity contribution in [2.45, 2.75) is 90.9 Å². The van der Waals surface area contributed by atoms with Gasteiger partial charge in [-0.1, -0.05) is 90.6 Å². The average molecular weight is 238 g/mol. The smallest absolute Gasteiger partial charge is 0.0328 e. The highest BCUT2D eigenvalue weighted by atomic mass is 14.0. The molecule has 0 fully saturated rings. The highest BCUT2D eigenvalue weighted by molar-refractivity contribution is 4.70. The molecule has 0 heterocycles. The van der Waals surface area contributed by atoms with Gasteiger partial charge in [-0.15, -0.1) is 6.58 Å². The molecule has 0 amide bonds. The maximum absolute atomic E-state index is 3.80. The van der Waals surface area contributed by atoms with Crippen LogP contribution in [0.5, 0.6) is 0 Å². The van der Waals surface area contributed by atoms with Gasteiger partial charge in [-0.05, 0) is 12.3 Å². The van der Waals surface area contributed by atoms with Crippen molar-refractivity contribution in [3.63, 3.8) is 0 Å². The molecule has 0 aromatic rings. The predicted octanol–water partition coefficient (Wildman–Crippen LogP) is 6.51. The van der Waals surface area contributed by atoms with Crippen LogP contribution in [0.4, 0.5) is 0 Å². The first-order valence-corrected chi connectivity index (χ1v) is 7.92. The van der Waals surface area contributed by atoms with E-state index in [0.717, 1.165) is 5.92 Å². The molecule has 0 spiro atoms. The van der Waals surface area contributed by atoms with Crippen LogP contribution in [0.3, 0.4) is 0 Å². The van der Waals surface area contributed by atoms with Crippen LogP contribution in [-0.2, 0) is 0 Å². The molecule has 17 heavy (non-hydrogen) atoms. The van der Waals surface area contributed by atoms with Crippen LogP contribution >= 0.6 is 0 Å². The minimum Gasteiger partial charge on any atom is -0.103 e. The third-order valence-corrected chi connectivity index (χ3v) is 3.62. The first kappa shape index (κ1) is 16.7. The second kappa shape index (κ2) is 13.8. The summed E-state index contributed by atoms with van der Waals surface area (Å²) in [6, 6.07) is 0. The van der Waals surface area contributed by atoms with E-state index in [9.17, 15) is 0 Å². The Balaban J connectivity index is 3.00. The van der Waals surface area contributed by atoms with Gasteiger partial charge in [-0.2, -0.15) is 0 Å². The number of hydrogen-bond donors (Lipinski definition) is 0. The van der Waals surface area contributed by atoms with E-state index in [1.807, 2.05) is 0 Å². The van der Waals surface area contributed by atoms with Crippen LogP contribution in [-0.4, -0.2) is 0 Å². The molecule has 0 aliphatic carbocycles. The molecule has 0 radical (unpaired) electrons. The molecule has 1 atom stereocenters. The molecule has 0 saturated carbocycles. The van der Waals surface area contributed by atoms with Gasteiger partial charge in [-0.25, -0.2) is 0 Å². The first-order valence-electron chi connectivity index (χ1n) is 7.92. The monoisotopic (exact) mass is 238 g/mol. The van der Waals surface area contributed by atoms with Crippen molar-refractivity contribution in [2.24, 2.45) is 5.92 Å². The Morgan fingerprint density at radius 1 is 0.824 bits per heavy atom. The number of rotatable bonds is 13. The van der Waals surface area contributed by atoms with Crippen molar-refractivity contribution in [3.8, 4) is 0 Å². The summed E-state index contributed by atoms with van der Waals surface area (Å²) in [5.74, 6) is 0.849. The van der Waals surface area contributed by atoms with Crippen LogP contribution in [0.15, 0.2) is 12.7 Å². The summed E-state index contributed by atoms with van der Waals surface area (Å²) in [5.41, 5.74) is 0. The molecular formula is C17H34. The topological polar surface area (TPSA) is 0 Å². The molecule has 1 unspecified atom stereocenters. The van der Waals surface area contributed by atoms with Gasteiger partial charge in [0.25, 0.3) is 0 Å². The van der Waals surface area contributed by atoms with Gasteiger partial charge in [-0.3, -0.25) is 0 Å². The lowest BCUT2D eigenvalue weighted by atomic mass is 9.99. The minimum atomic E-state index is 0.849. The summed E-state index contributed by atoms with van der Waals surface area (Å²) in [7, 11) is 0. The summed E-state index contributed by atoms with van der Waals surface area (Å²) >= 11 is 0. The second-order valence-corrected chi connectivity index (χ2v) is 5.60. The lowest BCUT2D eigenvalue weighted by Crippen LogP contribution is -1.92. The largest absolute Gasteiger partial charge is 0.103 e. The van der Waals surface area contributed by atoms with Gasteiger partial charge in [0.1, 0.15) is 0 Å². The Kier molecular flexibility index (Phi) is 13.6. The molecule has 0 heteroatoms. The van der Waals surface area contributed by atoms with Crippen LogP contribution in [0.1, 0.15) is 90.9 Å². The van der Waals surface area contributed by atoms with Crippen molar-refractivity contribution in [2.75, 3.05) is 0 Å². The van der Waals surface area contributed by atoms with Gasteiger partial charge in [0.15, 0.2) is 0 Å². The summed E-state index contributed by atoms with van der Waals surface area (Å²) in [6.45, 7) is 8.43. The van der Waals surface area contributed by atoms with Gasteiger partial charge in [0.2, 0.25) is 0 Å². The van der Waals surface area contributed by atoms with Gasteiger partial charge >= 0.3 is 0 Å². The quantitative estimate of drug-likeness (QED) is 0.253. The summed E-state index contributed by atoms with van der Waals surface area (Å²) in [5, 5.41) is 0. The van der Waals surface area contributed by atoms with Gasteiger partial charge < -0.3 is 0 Å². The third kappa shape index (κ3) is 13.7. The van der Waals surface area contributed by atoms with E-state index in [-0.39, 0.29) is 0 Å². The standard InChI is InChI=1S/C17H34/c1-4-6-7-8-9-10-11-12-13-14-16-17(3)15-5-2/h5,17H,2,4,6-16H2,1,3H3. The zero-order chi connectivity index (χ0) is 12.8. The fourth-order valence-corrected chi connectivity index (χ4v) is 2.38. The van der Waals surface area contributed by atoms with E-state index in [4.69, 9.17) is 0 Å². The van der Waals surface area contributed by atoms with Crippen molar-refractivity contribution in [3.05, 3.63) is 12.7 Å². The van der Waals surface area contributed by atoms with Crippen LogP contribution in [0, 0.1) is 5.92 Å². The molecule has 0 aromatic heterocycles. The minimum absolute atomic E-state index is 0.849. The Bertz CT molecular complexity index is 148. The lowest BCUT2D eigenvalue weighted by Gasteiger charge is -2.07. The van der Waals surface area contributed by atoms with E-state index in [1.165, 1.54) is 77.0 Å². The first-order chi connectivity index (χ1) is 8.31. The molecule has 0 aliphatic rings. The third-order valence-electron chi connectivity index (χ3n) is 3.62. The Labute approximate surface area is 110 Å². The second-order valence-electron chi connectivity index (χ2n) is 5.60. The van der Waals surface area contributed by atoms with Crippen molar-refractivity contribution in [1.82, 2.24) is 0 Å². The zero-order valence-electron chi connectivity index (χ0n) is 12.3. The average Bonchev–Trinajstić information content (AvgIpc) is 2.32. The molecule has 0 aliphatic heterocycles. The normalized spacial score (nSPS) is 12.6. The molecule has 0 nitrogen and oxygen atoms in total. The maximum Gasteiger partial charge on any atom is -0.0328 e. The van der Waals surface area contributed by atoms with Gasteiger partial charge in [0.05, 0.1) is 0 Å². The summed E-state index contributed by atoms with van der Waals surface area (Å²) < 4.78 is 0. The molecule has 0 N–H and O–H groups in total. The van der Waals surface area contributed by atoms with Crippen molar-refractivity contribution >= 4 is 0 Å². The molecule has 0 rings (SSSR count). The molecule has 102 valence electrons. The van der Waals surface area contributed by atoms with Crippen molar-refractivity contribution < 1.29 is 0 Å². The number of allylic oxidation sites excluding steroid dienone is 1. The SMILES string of the molecule is C=CCC(C)CCCCCCCCCCCC. The highest BCUT2D eigenvalue weighted by Crippen LogP contribution is 2.15. The van der Waals surface area contributed by atoms with Crippen LogP contribution in [0.25, 0.3) is 0 Å². The fourth-order valence-electron chi connectivity index (χ4n) is 2.38. The molecule has 0 saturated heterocycles. The Hall–Kier alpha value is -0.260.